The smallest absolute Gasteiger partial charge is 0.304 e. The molecule has 1 aliphatic heterocycles. The summed E-state index contributed by atoms with van der Waals surface area (Å²) in [5.41, 5.74) is 0. The van der Waals surface area contributed by atoms with Crippen molar-refractivity contribution < 1.29 is 9.90 Å². The zero-order valence-electron chi connectivity index (χ0n) is 8.90. The first-order chi connectivity index (χ1) is 6.61. The normalized spacial score (nSPS) is 27.9. The Labute approximate surface area is 89.9 Å². The number of carboxylic acid groups (broad SMARTS) is 1. The average Bonchev–Trinajstić information content (AvgIpc) is 2.15. The Bertz CT molecular complexity index is 199. The predicted octanol–water partition coefficient (Wildman–Crippen LogP) is 1.68. The van der Waals surface area contributed by atoms with Crippen LogP contribution in [-0.4, -0.2) is 46.6 Å². The highest BCUT2D eigenvalue weighted by Crippen LogP contribution is 2.28. The van der Waals surface area contributed by atoms with E-state index in [0.29, 0.717) is 17.8 Å². The number of carboxylic acids is 1. The molecule has 1 N–H and O–H groups in total. The number of hydrogen-bond donors (Lipinski definition) is 1. The van der Waals surface area contributed by atoms with Crippen LogP contribution in [0.3, 0.4) is 0 Å². The van der Waals surface area contributed by atoms with Crippen molar-refractivity contribution in [3.05, 3.63) is 0 Å². The third kappa shape index (κ3) is 3.50. The topological polar surface area (TPSA) is 40.5 Å². The molecule has 4 heteroatoms. The minimum Gasteiger partial charge on any atom is -0.481 e. The Kier molecular flexibility index (Phi) is 4.75. The summed E-state index contributed by atoms with van der Waals surface area (Å²) in [6.45, 7) is 2.91. The van der Waals surface area contributed by atoms with Crippen molar-refractivity contribution in [2.45, 2.75) is 37.5 Å². The van der Waals surface area contributed by atoms with Crippen molar-refractivity contribution in [3.8, 4) is 0 Å². The predicted molar refractivity (Wildman–Crippen MR) is 59.8 cm³/mol. The second-order valence-electron chi connectivity index (χ2n) is 3.91. The molecule has 14 heavy (non-hydrogen) atoms. The molecule has 1 fully saturated rings. The highest BCUT2D eigenvalue weighted by atomic mass is 32.2. The Balaban J connectivity index is 2.34. The van der Waals surface area contributed by atoms with Gasteiger partial charge in [0, 0.05) is 17.8 Å². The maximum atomic E-state index is 10.4. The third-order valence-corrected chi connectivity index (χ3v) is 4.18. The molecule has 3 nitrogen and oxygen atoms in total. The van der Waals surface area contributed by atoms with Gasteiger partial charge in [-0.15, -0.1) is 0 Å². The van der Waals surface area contributed by atoms with Crippen molar-refractivity contribution in [1.29, 1.82) is 0 Å². The van der Waals surface area contributed by atoms with Crippen molar-refractivity contribution in [1.82, 2.24) is 4.90 Å². The van der Waals surface area contributed by atoms with Crippen molar-refractivity contribution in [3.63, 3.8) is 0 Å². The lowest BCUT2D eigenvalue weighted by molar-refractivity contribution is -0.137. The van der Waals surface area contributed by atoms with Gasteiger partial charge in [0.2, 0.25) is 0 Å². The molecule has 0 bridgehead atoms. The third-order valence-electron chi connectivity index (χ3n) is 2.81. The van der Waals surface area contributed by atoms with Gasteiger partial charge in [-0.25, -0.2) is 0 Å². The maximum absolute atomic E-state index is 10.4. The van der Waals surface area contributed by atoms with Gasteiger partial charge in [0.1, 0.15) is 0 Å². The number of rotatable bonds is 4. The molecular weight excluding hydrogens is 198 g/mol. The van der Waals surface area contributed by atoms with Crippen molar-refractivity contribution in [2.75, 3.05) is 19.3 Å². The first-order valence-corrected chi connectivity index (χ1v) is 6.19. The Hall–Kier alpha value is -0.220. The van der Waals surface area contributed by atoms with Crippen LogP contribution in [0.1, 0.15) is 26.2 Å². The quantitative estimate of drug-likeness (QED) is 0.778. The number of aliphatic carboxylic acids is 1. The van der Waals surface area contributed by atoms with Crippen LogP contribution in [0, 0.1) is 0 Å². The second-order valence-corrected chi connectivity index (χ2v) is 5.39. The molecule has 0 radical (unpaired) electrons. The van der Waals surface area contributed by atoms with E-state index in [2.05, 4.69) is 11.8 Å². The molecule has 82 valence electrons. The van der Waals surface area contributed by atoms with Gasteiger partial charge >= 0.3 is 5.97 Å². The van der Waals surface area contributed by atoms with E-state index in [9.17, 15) is 4.79 Å². The van der Waals surface area contributed by atoms with Crippen LogP contribution in [-0.2, 0) is 4.79 Å². The molecular formula is C10H19NO2S. The van der Waals surface area contributed by atoms with Crippen LogP contribution >= 0.6 is 11.8 Å². The molecule has 1 heterocycles. The lowest BCUT2D eigenvalue weighted by Crippen LogP contribution is -2.41. The van der Waals surface area contributed by atoms with Crippen LogP contribution in [0.4, 0.5) is 0 Å². The summed E-state index contributed by atoms with van der Waals surface area (Å²) >= 11 is 2.00. The fourth-order valence-corrected chi connectivity index (χ4v) is 3.20. The highest BCUT2D eigenvalue weighted by Gasteiger charge is 2.25. The molecule has 1 saturated heterocycles. The lowest BCUT2D eigenvalue weighted by atomic mass is 10.1. The summed E-state index contributed by atoms with van der Waals surface area (Å²) in [5.74, 6) is 0.553. The summed E-state index contributed by atoms with van der Waals surface area (Å²) < 4.78 is 0. The maximum Gasteiger partial charge on any atom is 0.304 e. The molecule has 1 rings (SSSR count). The van der Waals surface area contributed by atoms with Gasteiger partial charge in [-0.1, -0.05) is 6.92 Å². The van der Waals surface area contributed by atoms with E-state index in [0.717, 1.165) is 0 Å². The largest absolute Gasteiger partial charge is 0.481 e. The van der Waals surface area contributed by atoms with Crippen LogP contribution < -0.4 is 0 Å². The van der Waals surface area contributed by atoms with E-state index < -0.39 is 5.97 Å². The number of hydrogen-bond acceptors (Lipinski definition) is 3. The van der Waals surface area contributed by atoms with E-state index >= 15 is 0 Å². The molecule has 2 unspecified atom stereocenters. The highest BCUT2D eigenvalue weighted by molar-refractivity contribution is 7.99. The fraction of sp³-hybridized carbons (Fsp3) is 0.900. The number of nitrogens with zero attached hydrogens (tertiary/aromatic N) is 1. The molecule has 0 amide bonds. The van der Waals surface area contributed by atoms with E-state index in [1.165, 1.54) is 18.6 Å². The van der Waals surface area contributed by atoms with Gasteiger partial charge in [-0.3, -0.25) is 4.79 Å². The van der Waals surface area contributed by atoms with E-state index in [-0.39, 0.29) is 6.42 Å². The molecule has 0 aromatic heterocycles. The first kappa shape index (κ1) is 11.9. The summed E-state index contributed by atoms with van der Waals surface area (Å²) in [5, 5.41) is 9.24. The van der Waals surface area contributed by atoms with Gasteiger partial charge in [0.05, 0.1) is 6.42 Å². The van der Waals surface area contributed by atoms with Gasteiger partial charge in [-0.05, 0) is 25.6 Å². The van der Waals surface area contributed by atoms with Gasteiger partial charge in [-0.2, -0.15) is 11.8 Å². The minimum absolute atomic E-state index is 0.254. The summed E-state index contributed by atoms with van der Waals surface area (Å²) in [6, 6.07) is 0.563. The standard InChI is InChI=1S/C10H19NO2S/c1-8-9(4-3-7-14-8)11(2)6-5-10(12)13/h8-9H,3-7H2,1-2H3,(H,12,13). The lowest BCUT2D eigenvalue weighted by Gasteiger charge is -2.35. The molecule has 0 spiro atoms. The van der Waals surface area contributed by atoms with E-state index in [1.807, 2.05) is 18.8 Å². The number of carbonyl (C=O) groups is 1. The zero-order chi connectivity index (χ0) is 10.6. The Morgan fingerprint density at radius 2 is 2.36 bits per heavy atom. The van der Waals surface area contributed by atoms with E-state index in [1.54, 1.807) is 0 Å². The van der Waals surface area contributed by atoms with Gasteiger partial charge in [0.15, 0.2) is 0 Å². The molecule has 0 aromatic carbocycles. The van der Waals surface area contributed by atoms with Gasteiger partial charge < -0.3 is 10.0 Å². The first-order valence-electron chi connectivity index (χ1n) is 5.15. The SMILES string of the molecule is CC1SCCCC1N(C)CCC(=O)O. The summed E-state index contributed by atoms with van der Waals surface area (Å²) in [7, 11) is 2.04. The summed E-state index contributed by atoms with van der Waals surface area (Å²) in [6.07, 6.45) is 2.73. The Morgan fingerprint density at radius 3 is 2.93 bits per heavy atom. The molecule has 0 saturated carbocycles. The summed E-state index contributed by atoms with van der Waals surface area (Å²) in [4.78, 5) is 12.6. The van der Waals surface area contributed by atoms with Gasteiger partial charge in [0.25, 0.3) is 0 Å². The molecule has 0 aliphatic carbocycles. The van der Waals surface area contributed by atoms with Crippen LogP contribution in [0.2, 0.25) is 0 Å². The monoisotopic (exact) mass is 217 g/mol. The molecule has 1 aliphatic rings. The van der Waals surface area contributed by atoms with E-state index in [4.69, 9.17) is 5.11 Å². The fourth-order valence-electron chi connectivity index (χ4n) is 1.92. The Morgan fingerprint density at radius 1 is 1.64 bits per heavy atom. The van der Waals surface area contributed by atoms with Crippen LogP contribution in [0.5, 0.6) is 0 Å². The van der Waals surface area contributed by atoms with Crippen molar-refractivity contribution >= 4 is 17.7 Å². The second kappa shape index (κ2) is 5.61. The van der Waals surface area contributed by atoms with Crippen LogP contribution in [0.25, 0.3) is 0 Å². The van der Waals surface area contributed by atoms with Crippen molar-refractivity contribution in [2.24, 2.45) is 0 Å². The minimum atomic E-state index is -0.701. The average molecular weight is 217 g/mol. The zero-order valence-corrected chi connectivity index (χ0v) is 9.72. The van der Waals surface area contributed by atoms with Crippen LogP contribution in [0.15, 0.2) is 0 Å². The molecule has 0 aromatic rings. The molecule has 2 atom stereocenters. The number of thioether (sulfide) groups is 1.